The van der Waals surface area contributed by atoms with E-state index in [1.807, 2.05) is 0 Å². The summed E-state index contributed by atoms with van der Waals surface area (Å²) in [6.07, 6.45) is 10.1. The van der Waals surface area contributed by atoms with Gasteiger partial charge in [0.1, 0.15) is 50.7 Å². The highest BCUT2D eigenvalue weighted by Crippen LogP contribution is 2.73. The number of ether oxygens (including phenoxy) is 2. The van der Waals surface area contributed by atoms with Gasteiger partial charge in [0.25, 0.3) is 0 Å². The van der Waals surface area contributed by atoms with Crippen LogP contribution in [0, 0.1) is 23.7 Å². The molecule has 5 saturated heterocycles. The van der Waals surface area contributed by atoms with E-state index in [0.717, 1.165) is 35.1 Å². The number of rotatable bonds is 4. The molecule has 14 atom stereocenters. The molecule has 6 nitrogen and oxygen atoms in total. The lowest BCUT2D eigenvalue weighted by Crippen LogP contribution is -2.78. The number of anilines is 2. The molecule has 0 N–H and O–H groups in total. The maximum absolute atomic E-state index is 7.67. The average molecular weight is 925 g/mol. The minimum Gasteiger partial charge on any atom is -0.354 e. The summed E-state index contributed by atoms with van der Waals surface area (Å²) >= 11 is 7.48. The van der Waals surface area contributed by atoms with Crippen molar-refractivity contribution in [2.45, 2.75) is 86.2 Å². The molecular formula is C52H52Br2N4O2+2. The van der Waals surface area contributed by atoms with Crippen molar-refractivity contribution in [2.24, 2.45) is 23.7 Å². The van der Waals surface area contributed by atoms with E-state index in [2.05, 4.69) is 151 Å². The Hall–Kier alpha value is -3.24. The number of piperidine rings is 2. The van der Waals surface area contributed by atoms with Crippen molar-refractivity contribution < 1.29 is 18.4 Å². The summed E-state index contributed by atoms with van der Waals surface area (Å²) < 4.78 is 20.0. The first kappa shape index (κ1) is 35.2. The summed E-state index contributed by atoms with van der Waals surface area (Å²) in [6.45, 7) is 8.34. The minimum atomic E-state index is 0.00502. The zero-order valence-electron chi connectivity index (χ0n) is 34.0. The van der Waals surface area contributed by atoms with Crippen molar-refractivity contribution in [3.8, 4) is 0 Å². The summed E-state index contributed by atoms with van der Waals surface area (Å²) in [7, 11) is 0. The second kappa shape index (κ2) is 11.9. The number of quaternary nitrogens is 2. The Kier molecular flexibility index (Phi) is 6.96. The zero-order chi connectivity index (χ0) is 39.3. The zero-order valence-corrected chi connectivity index (χ0v) is 37.2. The van der Waals surface area contributed by atoms with Gasteiger partial charge in [-0.2, -0.15) is 0 Å². The Bertz CT molecular complexity index is 2400. The highest BCUT2D eigenvalue weighted by atomic mass is 79.9. The van der Waals surface area contributed by atoms with Crippen LogP contribution in [-0.4, -0.2) is 85.0 Å². The van der Waals surface area contributed by atoms with Crippen LogP contribution < -0.4 is 9.80 Å². The smallest absolute Gasteiger partial charge is 0.136 e. The van der Waals surface area contributed by atoms with Crippen LogP contribution in [-0.2, 0) is 33.4 Å². The molecule has 9 heterocycles. The van der Waals surface area contributed by atoms with Crippen LogP contribution in [0.15, 0.2) is 129 Å². The molecule has 2 saturated carbocycles. The maximum atomic E-state index is 7.67. The summed E-state index contributed by atoms with van der Waals surface area (Å²) in [5.74, 6) is 1.66. The fourth-order valence-corrected chi connectivity index (χ4v) is 18.3. The molecule has 4 bridgehead atoms. The van der Waals surface area contributed by atoms with Gasteiger partial charge in [0.15, 0.2) is 0 Å². The van der Waals surface area contributed by atoms with E-state index in [0.29, 0.717) is 61.1 Å². The average Bonchev–Trinajstić information content (AvgIpc) is 3.88. The molecule has 4 unspecified atom stereocenters. The van der Waals surface area contributed by atoms with Crippen LogP contribution in [0.25, 0.3) is 0 Å². The van der Waals surface area contributed by atoms with Crippen LogP contribution in [0.5, 0.6) is 0 Å². The number of fused-ring (bicyclic) bond motifs is 6. The van der Waals surface area contributed by atoms with E-state index in [1.54, 1.807) is 22.3 Å². The largest absolute Gasteiger partial charge is 0.354 e. The van der Waals surface area contributed by atoms with E-state index in [1.165, 1.54) is 70.2 Å². The number of hydrogen-bond acceptors (Lipinski definition) is 4. The first-order valence-electron chi connectivity index (χ1n) is 23.0. The SMILES string of the molecule is Brc1ccc(C[N+]23CCC45c6ccccc6N6[C@@H]7OCC=C8C[N+]9(Cc%10ccc(Br)cc%10)CCC%10%11c%12ccccc%12N([C@@H]%12OCC=C(C2)[C@H](C[C@@H]43)[C@@H]%12[C@H]65)[C@H]%10[C@H]7[C@H]8C[C@@H]%119)cc1. The van der Waals surface area contributed by atoms with Crippen molar-refractivity contribution in [1.29, 1.82) is 0 Å². The Balaban J connectivity index is 0.961. The molecule has 304 valence electrons. The van der Waals surface area contributed by atoms with Crippen LogP contribution >= 0.6 is 31.9 Å². The predicted octanol–water partition coefficient (Wildman–Crippen LogP) is 9.22. The first-order valence-corrected chi connectivity index (χ1v) is 24.6. The monoisotopic (exact) mass is 922 g/mol. The molecule has 60 heavy (non-hydrogen) atoms. The third-order valence-electron chi connectivity index (χ3n) is 19.3. The molecule has 4 aromatic rings. The topological polar surface area (TPSA) is 24.9 Å². The molecule has 2 aliphatic carbocycles. The molecule has 15 rings (SSSR count). The van der Waals surface area contributed by atoms with E-state index in [4.69, 9.17) is 9.47 Å². The van der Waals surface area contributed by atoms with Crippen LogP contribution in [0.3, 0.4) is 0 Å². The first-order chi connectivity index (χ1) is 29.4. The van der Waals surface area contributed by atoms with Crippen LogP contribution in [0.2, 0.25) is 0 Å². The van der Waals surface area contributed by atoms with E-state index >= 15 is 0 Å². The summed E-state index contributed by atoms with van der Waals surface area (Å²) in [4.78, 5) is 6.01. The van der Waals surface area contributed by atoms with Crippen LogP contribution in [0.1, 0.15) is 47.9 Å². The van der Waals surface area contributed by atoms with Gasteiger partial charge in [-0.15, -0.1) is 0 Å². The second-order valence-electron chi connectivity index (χ2n) is 21.0. The third-order valence-corrected chi connectivity index (χ3v) is 20.3. The van der Waals surface area contributed by atoms with Gasteiger partial charge < -0.3 is 28.2 Å². The lowest BCUT2D eigenvalue weighted by Gasteiger charge is -2.65. The Morgan fingerprint density at radius 3 is 1.45 bits per heavy atom. The number of benzene rings is 4. The second-order valence-corrected chi connectivity index (χ2v) is 22.8. The standard InChI is InChI=1S/C52H52Br2N4O2/c53-35-13-9-31(10-14-35)27-57-21-19-51-39-5-1-3-7-41(39)55-47(51)45-37(25-43(51)57)33(29-57)18-24-60-50(45)56-42-8-4-2-6-40(42)52-20-22-58(28-32-11-15-36(54)16-12-32)30-34-17-23-59-49(55)46(48(52)56)38(34)26-44(52)58/h1-18,37-38,43-50H,19-30H2/q+2/t37-,38-,43-,44-,45+,46+,47-,48-,49+,50+,51?,52?,57?,58?/m0/s1. The van der Waals surface area contributed by atoms with E-state index in [9.17, 15) is 0 Å². The number of hydrogen-bond donors (Lipinski definition) is 0. The normalized spacial score (nSPS) is 43.6. The van der Waals surface area contributed by atoms with Crippen molar-refractivity contribution in [2.75, 3.05) is 49.2 Å². The highest BCUT2D eigenvalue weighted by Gasteiger charge is 2.81. The quantitative estimate of drug-likeness (QED) is 0.151. The molecule has 2 spiro atoms. The molecule has 11 aliphatic rings. The summed E-state index contributed by atoms with van der Waals surface area (Å²) in [6, 6.07) is 39.8. The van der Waals surface area contributed by atoms with Gasteiger partial charge in [-0.05, 0) is 58.7 Å². The number of para-hydroxylation sites is 2. The van der Waals surface area contributed by atoms with E-state index < -0.39 is 0 Å². The highest BCUT2D eigenvalue weighted by molar-refractivity contribution is 9.10. The van der Waals surface area contributed by atoms with Gasteiger partial charge in [-0.1, -0.05) is 105 Å². The molecule has 0 amide bonds. The van der Waals surface area contributed by atoms with Crippen molar-refractivity contribution in [3.05, 3.63) is 152 Å². The molecule has 8 heteroatoms. The van der Waals surface area contributed by atoms with Gasteiger partial charge in [-0.25, -0.2) is 0 Å². The lowest BCUT2D eigenvalue weighted by molar-refractivity contribution is -0.955. The summed E-state index contributed by atoms with van der Waals surface area (Å²) in [5, 5.41) is 0. The fraction of sp³-hybridized carbons (Fsp3) is 0.462. The number of nitrogens with zero attached hydrogens (tertiary/aromatic N) is 4. The van der Waals surface area contributed by atoms with Crippen molar-refractivity contribution in [1.82, 2.24) is 0 Å². The van der Waals surface area contributed by atoms with Crippen molar-refractivity contribution in [3.63, 3.8) is 0 Å². The third kappa shape index (κ3) is 4.09. The predicted molar refractivity (Wildman–Crippen MR) is 240 cm³/mol. The molecular weight excluding hydrogens is 872 g/mol. The fourth-order valence-electron chi connectivity index (χ4n) is 17.7. The van der Waals surface area contributed by atoms with Gasteiger partial charge in [0, 0.05) is 80.8 Å². The molecule has 4 aromatic carbocycles. The van der Waals surface area contributed by atoms with Gasteiger partial charge in [0.05, 0.1) is 49.2 Å². The Morgan fingerprint density at radius 2 is 1.00 bits per heavy atom. The van der Waals surface area contributed by atoms with E-state index in [-0.39, 0.29) is 23.3 Å². The van der Waals surface area contributed by atoms with Gasteiger partial charge in [0.2, 0.25) is 0 Å². The maximum Gasteiger partial charge on any atom is 0.136 e. The van der Waals surface area contributed by atoms with Crippen molar-refractivity contribution >= 4 is 43.2 Å². The van der Waals surface area contributed by atoms with Crippen LogP contribution in [0.4, 0.5) is 11.4 Å². The molecule has 0 radical (unpaired) electrons. The van der Waals surface area contributed by atoms with Gasteiger partial charge in [-0.3, -0.25) is 0 Å². The molecule has 0 aromatic heterocycles. The molecule has 9 aliphatic heterocycles. The Labute approximate surface area is 370 Å². The molecule has 7 fully saturated rings. The minimum absolute atomic E-state index is 0.00502. The summed E-state index contributed by atoms with van der Waals surface area (Å²) in [5.41, 5.74) is 12.5. The lowest BCUT2D eigenvalue weighted by atomic mass is 9.52. The Morgan fingerprint density at radius 1 is 0.567 bits per heavy atom. The van der Waals surface area contributed by atoms with Gasteiger partial charge >= 0.3 is 0 Å². The number of halogens is 2.